The fraction of sp³-hybridized carbons (Fsp3) is 0.643. The van der Waals surface area contributed by atoms with Crippen molar-refractivity contribution >= 4 is 0 Å². The maximum atomic E-state index is 9.70. The highest BCUT2D eigenvalue weighted by Crippen LogP contribution is 2.33. The van der Waals surface area contributed by atoms with E-state index >= 15 is 0 Å². The molecule has 17 heavy (non-hydrogen) atoms. The van der Waals surface area contributed by atoms with Crippen LogP contribution in [0.5, 0.6) is 5.75 Å². The fourth-order valence-corrected chi connectivity index (χ4v) is 2.42. The van der Waals surface area contributed by atoms with E-state index in [9.17, 15) is 5.11 Å². The molecule has 0 aliphatic heterocycles. The summed E-state index contributed by atoms with van der Waals surface area (Å²) in [6, 6.07) is 2.07. The van der Waals surface area contributed by atoms with Crippen LogP contribution in [-0.4, -0.2) is 22.8 Å². The van der Waals surface area contributed by atoms with Gasteiger partial charge >= 0.3 is 0 Å². The average Bonchev–Trinajstić information content (AvgIpc) is 2.37. The Balaban J connectivity index is 2.04. The van der Waals surface area contributed by atoms with Gasteiger partial charge in [-0.15, -0.1) is 0 Å². The molecule has 0 spiro atoms. The van der Waals surface area contributed by atoms with Gasteiger partial charge in [0.05, 0.1) is 18.9 Å². The van der Waals surface area contributed by atoms with Crippen molar-refractivity contribution in [2.75, 3.05) is 6.61 Å². The van der Waals surface area contributed by atoms with Gasteiger partial charge in [0.2, 0.25) is 0 Å². The van der Waals surface area contributed by atoms with Crippen LogP contribution in [0.2, 0.25) is 0 Å². The molecule has 3 nitrogen and oxygen atoms in total. The minimum atomic E-state index is -0.144. The zero-order chi connectivity index (χ0) is 12.1. The molecule has 2 unspecified atom stereocenters. The maximum Gasteiger partial charge on any atom is 0.137 e. The van der Waals surface area contributed by atoms with Gasteiger partial charge in [-0.25, -0.2) is 0 Å². The van der Waals surface area contributed by atoms with Gasteiger partial charge in [0.1, 0.15) is 5.75 Å². The lowest BCUT2D eigenvalue weighted by atomic mass is 9.83. The topological polar surface area (TPSA) is 42.4 Å². The first-order valence-corrected chi connectivity index (χ1v) is 6.55. The number of pyridine rings is 1. The van der Waals surface area contributed by atoms with Gasteiger partial charge in [-0.1, -0.05) is 13.3 Å². The van der Waals surface area contributed by atoms with Crippen LogP contribution in [0.25, 0.3) is 0 Å². The molecule has 0 amide bonds. The Kier molecular flexibility index (Phi) is 4.37. The third-order valence-electron chi connectivity index (χ3n) is 3.33. The first kappa shape index (κ1) is 12.4. The summed E-state index contributed by atoms with van der Waals surface area (Å²) in [6.07, 6.45) is 8.58. The van der Waals surface area contributed by atoms with Crippen LogP contribution in [0.4, 0.5) is 0 Å². The molecule has 2 rings (SSSR count). The molecule has 2 atom stereocenters. The highest BCUT2D eigenvalue weighted by Gasteiger charge is 2.22. The van der Waals surface area contributed by atoms with Crippen molar-refractivity contribution in [1.82, 2.24) is 4.98 Å². The summed E-state index contributed by atoms with van der Waals surface area (Å²) in [4.78, 5) is 4.23. The van der Waals surface area contributed by atoms with Crippen LogP contribution >= 0.6 is 0 Å². The first-order valence-electron chi connectivity index (χ1n) is 6.55. The molecule has 0 radical (unpaired) electrons. The zero-order valence-corrected chi connectivity index (χ0v) is 10.4. The maximum absolute atomic E-state index is 9.70. The van der Waals surface area contributed by atoms with Gasteiger partial charge in [-0.05, 0) is 43.2 Å². The number of aliphatic hydroxyl groups excluding tert-OH is 1. The van der Waals surface area contributed by atoms with E-state index in [4.69, 9.17) is 4.74 Å². The number of nitrogens with zero attached hydrogens (tertiary/aromatic N) is 1. The lowest BCUT2D eigenvalue weighted by Gasteiger charge is -2.26. The van der Waals surface area contributed by atoms with Gasteiger partial charge < -0.3 is 9.84 Å². The Bertz CT molecular complexity index is 354. The molecule has 1 aliphatic carbocycles. The summed E-state index contributed by atoms with van der Waals surface area (Å²) < 4.78 is 5.59. The Morgan fingerprint density at radius 1 is 1.41 bits per heavy atom. The van der Waals surface area contributed by atoms with Crippen LogP contribution < -0.4 is 4.74 Å². The number of hydrogen-bond donors (Lipinski definition) is 1. The number of rotatable bonds is 4. The molecule has 1 fully saturated rings. The quantitative estimate of drug-likeness (QED) is 0.872. The lowest BCUT2D eigenvalue weighted by molar-refractivity contribution is 0.119. The van der Waals surface area contributed by atoms with Crippen LogP contribution in [0.15, 0.2) is 18.5 Å². The molecular weight excluding hydrogens is 214 g/mol. The summed E-state index contributed by atoms with van der Waals surface area (Å²) >= 11 is 0. The van der Waals surface area contributed by atoms with E-state index in [0.29, 0.717) is 5.92 Å². The highest BCUT2D eigenvalue weighted by atomic mass is 16.5. The molecule has 1 heterocycles. The number of aliphatic hydroxyl groups is 1. The minimum absolute atomic E-state index is 0.144. The van der Waals surface area contributed by atoms with E-state index in [1.54, 1.807) is 6.20 Å². The summed E-state index contributed by atoms with van der Waals surface area (Å²) in [6.45, 7) is 2.83. The second-order valence-corrected chi connectivity index (χ2v) is 4.82. The van der Waals surface area contributed by atoms with Crippen molar-refractivity contribution in [2.24, 2.45) is 0 Å². The van der Waals surface area contributed by atoms with Crippen LogP contribution in [-0.2, 0) is 0 Å². The SMILES string of the molecule is CCCOc1cncc(C2CCCC(O)C2)c1. The van der Waals surface area contributed by atoms with E-state index in [0.717, 1.165) is 44.5 Å². The summed E-state index contributed by atoms with van der Waals surface area (Å²) in [5, 5.41) is 9.70. The largest absolute Gasteiger partial charge is 0.492 e. The Morgan fingerprint density at radius 3 is 3.06 bits per heavy atom. The Morgan fingerprint density at radius 2 is 2.29 bits per heavy atom. The Hall–Kier alpha value is -1.09. The fourth-order valence-electron chi connectivity index (χ4n) is 2.42. The van der Waals surface area contributed by atoms with Crippen LogP contribution in [0.1, 0.15) is 50.5 Å². The molecule has 0 aromatic carbocycles. The van der Waals surface area contributed by atoms with Crippen molar-refractivity contribution < 1.29 is 9.84 Å². The molecule has 94 valence electrons. The third kappa shape index (κ3) is 3.43. The number of ether oxygens (including phenoxy) is 1. The molecule has 0 bridgehead atoms. The van der Waals surface area contributed by atoms with Gasteiger partial charge in [0, 0.05) is 6.20 Å². The van der Waals surface area contributed by atoms with Crippen molar-refractivity contribution in [3.05, 3.63) is 24.0 Å². The lowest BCUT2D eigenvalue weighted by Crippen LogP contribution is -2.18. The zero-order valence-electron chi connectivity index (χ0n) is 10.4. The van der Waals surface area contributed by atoms with Crippen LogP contribution in [0.3, 0.4) is 0 Å². The van der Waals surface area contributed by atoms with Crippen molar-refractivity contribution in [3.63, 3.8) is 0 Å². The first-order chi connectivity index (χ1) is 8.29. The van der Waals surface area contributed by atoms with Gasteiger partial charge in [0.25, 0.3) is 0 Å². The van der Waals surface area contributed by atoms with Crippen LogP contribution in [0, 0.1) is 0 Å². The molecule has 1 aliphatic rings. The highest BCUT2D eigenvalue weighted by molar-refractivity contribution is 5.26. The molecule has 1 saturated carbocycles. The molecule has 1 aromatic rings. The van der Waals surface area contributed by atoms with Crippen molar-refractivity contribution in [1.29, 1.82) is 0 Å². The predicted octanol–water partition coefficient (Wildman–Crippen LogP) is 2.89. The minimum Gasteiger partial charge on any atom is -0.492 e. The van der Waals surface area contributed by atoms with Crippen molar-refractivity contribution in [2.45, 2.75) is 51.0 Å². The molecular formula is C14H21NO2. The second-order valence-electron chi connectivity index (χ2n) is 4.82. The smallest absolute Gasteiger partial charge is 0.137 e. The number of aromatic nitrogens is 1. The molecule has 0 saturated heterocycles. The van der Waals surface area contributed by atoms with E-state index < -0.39 is 0 Å². The molecule has 1 aromatic heterocycles. The summed E-state index contributed by atoms with van der Waals surface area (Å²) in [5.41, 5.74) is 1.21. The van der Waals surface area contributed by atoms with E-state index in [1.165, 1.54) is 5.56 Å². The second kappa shape index (κ2) is 6.01. The van der Waals surface area contributed by atoms with E-state index in [-0.39, 0.29) is 6.10 Å². The predicted molar refractivity (Wildman–Crippen MR) is 67.2 cm³/mol. The van der Waals surface area contributed by atoms with Gasteiger partial charge in [0.15, 0.2) is 0 Å². The van der Waals surface area contributed by atoms with E-state index in [1.807, 2.05) is 6.20 Å². The van der Waals surface area contributed by atoms with Gasteiger partial charge in [-0.2, -0.15) is 0 Å². The standard InChI is InChI=1S/C14H21NO2/c1-2-6-17-14-8-12(9-15-10-14)11-4-3-5-13(16)7-11/h8-11,13,16H,2-7H2,1H3. The molecule has 3 heteroatoms. The average molecular weight is 235 g/mol. The monoisotopic (exact) mass is 235 g/mol. The normalized spacial score (nSPS) is 24.6. The van der Waals surface area contributed by atoms with Crippen molar-refractivity contribution in [3.8, 4) is 5.75 Å². The van der Waals surface area contributed by atoms with E-state index in [2.05, 4.69) is 18.0 Å². The number of hydrogen-bond acceptors (Lipinski definition) is 3. The molecule has 1 N–H and O–H groups in total. The third-order valence-corrected chi connectivity index (χ3v) is 3.33. The summed E-state index contributed by atoms with van der Waals surface area (Å²) in [7, 11) is 0. The summed E-state index contributed by atoms with van der Waals surface area (Å²) in [5.74, 6) is 1.29. The van der Waals surface area contributed by atoms with Gasteiger partial charge in [-0.3, -0.25) is 4.98 Å². The Labute approximate surface area is 103 Å².